The van der Waals surface area contributed by atoms with Crippen LogP contribution < -0.4 is 0 Å². The predicted molar refractivity (Wildman–Crippen MR) is 83.2 cm³/mol. The Morgan fingerprint density at radius 3 is 1.86 bits per heavy atom. The van der Waals surface area contributed by atoms with Gasteiger partial charge in [-0.1, -0.05) is 18.2 Å². The van der Waals surface area contributed by atoms with Crippen molar-refractivity contribution in [2.45, 2.75) is 38.8 Å². The van der Waals surface area contributed by atoms with Crippen molar-refractivity contribution >= 4 is 31.0 Å². The summed E-state index contributed by atoms with van der Waals surface area (Å²) in [5, 5.41) is 0. The first kappa shape index (κ1) is 16.2. The van der Waals surface area contributed by atoms with Gasteiger partial charge in [0, 0.05) is 0 Å². The molecule has 7 heteroatoms. The van der Waals surface area contributed by atoms with Crippen molar-refractivity contribution in [1.82, 2.24) is 0 Å². The minimum atomic E-state index is -3.67. The lowest BCUT2D eigenvalue weighted by molar-refractivity contribution is 0.562. The second kappa shape index (κ2) is 5.23. The van der Waals surface area contributed by atoms with E-state index in [2.05, 4.69) is 0 Å². The molecule has 0 N–H and O–H groups in total. The summed E-state index contributed by atoms with van der Waals surface area (Å²) >= 11 is 0.793. The van der Waals surface area contributed by atoms with E-state index in [0.29, 0.717) is 0 Å². The van der Waals surface area contributed by atoms with E-state index in [9.17, 15) is 16.8 Å². The van der Waals surface area contributed by atoms with Crippen LogP contribution in [0.15, 0.2) is 55.8 Å². The van der Waals surface area contributed by atoms with Crippen molar-refractivity contribution in [3.8, 4) is 0 Å². The van der Waals surface area contributed by atoms with Crippen LogP contribution in [-0.2, 0) is 19.7 Å². The number of hydrogen-bond donors (Lipinski definition) is 0. The molecule has 0 saturated heterocycles. The molecule has 0 atom stereocenters. The third kappa shape index (κ3) is 2.90. The van der Waals surface area contributed by atoms with E-state index in [1.165, 1.54) is 24.3 Å². The Hall–Kier alpha value is -1.18. The molecular formula is C14H16O4S3. The molecule has 0 amide bonds. The van der Waals surface area contributed by atoms with Crippen molar-refractivity contribution in [2.75, 3.05) is 0 Å². The van der Waals surface area contributed by atoms with E-state index < -0.39 is 24.4 Å². The molecule has 2 rings (SSSR count). The summed E-state index contributed by atoms with van der Waals surface area (Å²) in [4.78, 5) is 0.159. The zero-order valence-corrected chi connectivity index (χ0v) is 14.3. The number of thiophene rings is 1. The molecule has 0 aliphatic heterocycles. The number of benzene rings is 1. The van der Waals surface area contributed by atoms with Gasteiger partial charge < -0.3 is 0 Å². The first-order chi connectivity index (χ1) is 9.57. The van der Waals surface area contributed by atoms with Gasteiger partial charge in [0.25, 0.3) is 0 Å². The SMILES string of the molecule is CC(C)(C)S(=O)(=O)c1ccc(S(=O)(=O)c2ccccc2)s1. The van der Waals surface area contributed by atoms with E-state index >= 15 is 0 Å². The zero-order valence-electron chi connectivity index (χ0n) is 11.9. The molecule has 1 aromatic carbocycles. The standard InChI is InChI=1S/C14H16O4S3/c1-14(2,3)21(17,18)13-10-9-12(19-13)20(15,16)11-7-5-4-6-8-11/h4-10H,1-3H3. The lowest BCUT2D eigenvalue weighted by atomic mass is 10.3. The van der Waals surface area contributed by atoms with E-state index in [1.807, 2.05) is 0 Å². The molecule has 114 valence electrons. The maximum absolute atomic E-state index is 12.4. The summed E-state index contributed by atoms with van der Waals surface area (Å²) in [7, 11) is -7.21. The van der Waals surface area contributed by atoms with Crippen LogP contribution in [0.3, 0.4) is 0 Å². The smallest absolute Gasteiger partial charge is 0.215 e. The van der Waals surface area contributed by atoms with Gasteiger partial charge in [-0.3, -0.25) is 0 Å². The molecule has 1 aromatic heterocycles. The fourth-order valence-corrected chi connectivity index (χ4v) is 6.54. The first-order valence-corrected chi connectivity index (χ1v) is 10.00. The summed E-state index contributed by atoms with van der Waals surface area (Å²) in [6, 6.07) is 10.7. The van der Waals surface area contributed by atoms with Crippen molar-refractivity contribution in [2.24, 2.45) is 0 Å². The molecule has 0 saturated carbocycles. The minimum Gasteiger partial charge on any atom is -0.222 e. The minimum absolute atomic E-state index is 0.0384. The van der Waals surface area contributed by atoms with Crippen LogP contribution in [0.2, 0.25) is 0 Å². The van der Waals surface area contributed by atoms with Crippen LogP contribution in [0, 0.1) is 0 Å². The van der Waals surface area contributed by atoms with Crippen LogP contribution >= 0.6 is 11.3 Å². The van der Waals surface area contributed by atoms with Crippen LogP contribution in [0.25, 0.3) is 0 Å². The Morgan fingerprint density at radius 1 is 0.810 bits per heavy atom. The van der Waals surface area contributed by atoms with Crippen molar-refractivity contribution in [3.63, 3.8) is 0 Å². The first-order valence-electron chi connectivity index (χ1n) is 6.21. The summed E-state index contributed by atoms with van der Waals surface area (Å²) in [5.74, 6) is 0. The zero-order chi connectivity index (χ0) is 15.9. The molecule has 0 radical (unpaired) electrons. The normalized spacial score (nSPS) is 13.3. The highest BCUT2D eigenvalue weighted by atomic mass is 32.3. The molecule has 0 aliphatic rings. The van der Waals surface area contributed by atoms with Gasteiger partial charge in [0.1, 0.15) is 8.42 Å². The lowest BCUT2D eigenvalue weighted by Gasteiger charge is -2.17. The van der Waals surface area contributed by atoms with Crippen LogP contribution in [0.4, 0.5) is 0 Å². The van der Waals surface area contributed by atoms with Crippen molar-refractivity contribution in [3.05, 3.63) is 42.5 Å². The highest BCUT2D eigenvalue weighted by molar-refractivity contribution is 7.96. The Bertz CT molecular complexity index is 839. The summed E-state index contributed by atoms with van der Waals surface area (Å²) < 4.78 is 48.7. The maximum atomic E-state index is 12.4. The second-order valence-electron chi connectivity index (χ2n) is 5.51. The number of hydrogen-bond acceptors (Lipinski definition) is 5. The molecule has 4 nitrogen and oxygen atoms in total. The van der Waals surface area contributed by atoms with Gasteiger partial charge in [0.05, 0.1) is 9.64 Å². The Balaban J connectivity index is 2.52. The maximum Gasteiger partial charge on any atom is 0.215 e. The van der Waals surface area contributed by atoms with Gasteiger partial charge in [-0.05, 0) is 45.0 Å². The van der Waals surface area contributed by atoms with E-state index in [-0.39, 0.29) is 13.3 Å². The molecule has 0 unspecified atom stereocenters. The highest BCUT2D eigenvalue weighted by Gasteiger charge is 2.33. The number of rotatable bonds is 3. The fraction of sp³-hybridized carbons (Fsp3) is 0.286. The van der Waals surface area contributed by atoms with E-state index in [0.717, 1.165) is 11.3 Å². The van der Waals surface area contributed by atoms with Gasteiger partial charge in [0.2, 0.25) is 9.84 Å². The molecular weight excluding hydrogens is 328 g/mol. The number of sulfone groups is 2. The van der Waals surface area contributed by atoms with Crippen molar-refractivity contribution in [1.29, 1.82) is 0 Å². The van der Waals surface area contributed by atoms with Crippen LogP contribution in [0.1, 0.15) is 20.8 Å². The van der Waals surface area contributed by atoms with Gasteiger partial charge in [-0.2, -0.15) is 0 Å². The van der Waals surface area contributed by atoms with Gasteiger partial charge >= 0.3 is 0 Å². The van der Waals surface area contributed by atoms with Crippen LogP contribution in [-0.4, -0.2) is 21.6 Å². The average Bonchev–Trinajstić information content (AvgIpc) is 2.89. The highest BCUT2D eigenvalue weighted by Crippen LogP contribution is 2.34. The second-order valence-corrected chi connectivity index (χ2v) is 11.7. The third-order valence-electron chi connectivity index (χ3n) is 2.95. The quantitative estimate of drug-likeness (QED) is 0.858. The van der Waals surface area contributed by atoms with Gasteiger partial charge in [0.15, 0.2) is 9.84 Å². The molecule has 0 aliphatic carbocycles. The summed E-state index contributed by atoms with van der Waals surface area (Å²) in [6.45, 7) is 4.77. The molecule has 1 heterocycles. The van der Waals surface area contributed by atoms with E-state index in [1.54, 1.807) is 39.0 Å². The van der Waals surface area contributed by atoms with Crippen LogP contribution in [0.5, 0.6) is 0 Å². The molecule has 0 fully saturated rings. The van der Waals surface area contributed by atoms with E-state index in [4.69, 9.17) is 0 Å². The Kier molecular flexibility index (Phi) is 4.03. The van der Waals surface area contributed by atoms with Gasteiger partial charge in [-0.15, -0.1) is 11.3 Å². The monoisotopic (exact) mass is 344 g/mol. The molecule has 2 aromatic rings. The van der Waals surface area contributed by atoms with Crippen molar-refractivity contribution < 1.29 is 16.8 Å². The fourth-order valence-electron chi connectivity index (χ4n) is 1.61. The largest absolute Gasteiger partial charge is 0.222 e. The predicted octanol–water partition coefficient (Wildman–Crippen LogP) is 3.15. The summed E-state index contributed by atoms with van der Waals surface area (Å²) in [6.07, 6.45) is 0. The topological polar surface area (TPSA) is 68.3 Å². The molecule has 0 spiro atoms. The molecule has 21 heavy (non-hydrogen) atoms. The Morgan fingerprint density at radius 2 is 1.33 bits per heavy atom. The average molecular weight is 344 g/mol. The summed E-state index contributed by atoms with van der Waals surface area (Å²) in [5.41, 5.74) is 0. The lowest BCUT2D eigenvalue weighted by Crippen LogP contribution is -2.27. The van der Waals surface area contributed by atoms with Gasteiger partial charge in [-0.25, -0.2) is 16.8 Å². The third-order valence-corrected chi connectivity index (χ3v) is 9.27. The molecule has 0 bridgehead atoms. The Labute approximate surface area is 129 Å².